The van der Waals surface area contributed by atoms with Crippen LogP contribution in [-0.4, -0.2) is 14.1 Å². The molecule has 0 unspecified atom stereocenters. The van der Waals surface area contributed by atoms with E-state index in [1.807, 2.05) is 18.5 Å². The van der Waals surface area contributed by atoms with Crippen LogP contribution in [0.2, 0.25) is 0 Å². The predicted molar refractivity (Wildman–Crippen MR) is 235 cm³/mol. The standard InChI is InChI=1S/C53H35N3/c1-3-13-36(14-4-1)38-17-11-18-39(29-38)41-25-27-52-48(32-41)49-33-45(56-50-23-9-7-21-46(50)47-22-8-10-24-51(47)56)26-28-53(49)55(52)44-20-12-19-40(31-44)43-30-42(34-54-35-43)37-15-5-2-6-16-37/h1-35H. The fourth-order valence-corrected chi connectivity index (χ4v) is 8.53. The molecule has 0 bridgehead atoms. The second-order valence-corrected chi connectivity index (χ2v) is 14.5. The van der Waals surface area contributed by atoms with Crippen LogP contribution in [0, 0.1) is 0 Å². The fourth-order valence-electron chi connectivity index (χ4n) is 8.53. The van der Waals surface area contributed by atoms with Crippen molar-refractivity contribution in [3.05, 3.63) is 213 Å². The van der Waals surface area contributed by atoms with Crippen LogP contribution in [0.1, 0.15) is 0 Å². The van der Waals surface area contributed by atoms with Crippen LogP contribution in [0.25, 0.3) is 99.5 Å². The molecule has 0 radical (unpaired) electrons. The van der Waals surface area contributed by atoms with Gasteiger partial charge in [0, 0.05) is 56.4 Å². The van der Waals surface area contributed by atoms with Crippen LogP contribution < -0.4 is 0 Å². The van der Waals surface area contributed by atoms with Crippen molar-refractivity contribution in [1.29, 1.82) is 0 Å². The third-order valence-electron chi connectivity index (χ3n) is 11.2. The molecule has 0 saturated carbocycles. The van der Waals surface area contributed by atoms with Crippen LogP contribution in [-0.2, 0) is 0 Å². The zero-order valence-electron chi connectivity index (χ0n) is 30.5. The summed E-state index contributed by atoms with van der Waals surface area (Å²) in [5.74, 6) is 0. The number of benzene rings is 8. The van der Waals surface area contributed by atoms with E-state index in [9.17, 15) is 0 Å². The normalized spacial score (nSPS) is 11.6. The maximum absolute atomic E-state index is 4.66. The number of pyridine rings is 1. The highest BCUT2D eigenvalue weighted by atomic mass is 15.0. The fraction of sp³-hybridized carbons (Fsp3) is 0. The summed E-state index contributed by atoms with van der Waals surface area (Å²) in [7, 11) is 0. The summed E-state index contributed by atoms with van der Waals surface area (Å²) in [4.78, 5) is 4.66. The van der Waals surface area contributed by atoms with Crippen molar-refractivity contribution in [2.45, 2.75) is 0 Å². The Bertz CT molecular complexity index is 3190. The second-order valence-electron chi connectivity index (χ2n) is 14.5. The lowest BCUT2D eigenvalue weighted by Crippen LogP contribution is -1.96. The van der Waals surface area contributed by atoms with Crippen molar-refractivity contribution in [1.82, 2.24) is 14.1 Å². The Morgan fingerprint density at radius 1 is 0.250 bits per heavy atom. The molecule has 0 atom stereocenters. The van der Waals surface area contributed by atoms with Crippen LogP contribution in [0.4, 0.5) is 0 Å². The van der Waals surface area contributed by atoms with Crippen molar-refractivity contribution in [3.63, 3.8) is 0 Å². The number of fused-ring (bicyclic) bond motifs is 6. The Morgan fingerprint density at radius 2 is 0.679 bits per heavy atom. The van der Waals surface area contributed by atoms with Crippen LogP contribution >= 0.6 is 0 Å². The third-order valence-corrected chi connectivity index (χ3v) is 11.2. The molecule has 0 fully saturated rings. The van der Waals surface area contributed by atoms with Gasteiger partial charge in [0.1, 0.15) is 0 Å². The molecule has 0 amide bonds. The van der Waals surface area contributed by atoms with Gasteiger partial charge in [-0.1, -0.05) is 133 Å². The van der Waals surface area contributed by atoms with Gasteiger partial charge in [-0.2, -0.15) is 0 Å². The highest BCUT2D eigenvalue weighted by molar-refractivity contribution is 6.13. The molecule has 11 rings (SSSR count). The Kier molecular flexibility index (Phi) is 7.49. The van der Waals surface area contributed by atoms with Crippen molar-refractivity contribution < 1.29 is 0 Å². The van der Waals surface area contributed by atoms with Crippen LogP contribution in [0.15, 0.2) is 213 Å². The summed E-state index contributed by atoms with van der Waals surface area (Å²) in [6.07, 6.45) is 3.91. The van der Waals surface area contributed by atoms with E-state index >= 15 is 0 Å². The summed E-state index contributed by atoms with van der Waals surface area (Å²) in [6, 6.07) is 72.4. The van der Waals surface area contributed by atoms with E-state index in [1.165, 1.54) is 54.8 Å². The highest BCUT2D eigenvalue weighted by Crippen LogP contribution is 2.39. The molecule has 3 heterocycles. The molecule has 0 aliphatic carbocycles. The largest absolute Gasteiger partial charge is 0.309 e. The van der Waals surface area contributed by atoms with Gasteiger partial charge < -0.3 is 9.13 Å². The maximum atomic E-state index is 4.66. The number of rotatable bonds is 6. The first-order valence-corrected chi connectivity index (χ1v) is 19.1. The van der Waals surface area contributed by atoms with Crippen molar-refractivity contribution in [2.24, 2.45) is 0 Å². The SMILES string of the molecule is c1ccc(-c2cccc(-c3ccc4c(c3)c3cc(-n5c6ccccc6c6ccccc65)ccc3n4-c3cccc(-c4cncc(-c5ccccc5)c4)c3)c2)cc1. The molecule has 0 spiro atoms. The van der Waals surface area contributed by atoms with Gasteiger partial charge in [-0.15, -0.1) is 0 Å². The van der Waals surface area contributed by atoms with Crippen LogP contribution in [0.5, 0.6) is 0 Å². The van der Waals surface area contributed by atoms with Gasteiger partial charge in [-0.25, -0.2) is 0 Å². The lowest BCUT2D eigenvalue weighted by atomic mass is 9.98. The average Bonchev–Trinajstić information content (AvgIpc) is 3.79. The Balaban J connectivity index is 1.12. The number of hydrogen-bond donors (Lipinski definition) is 0. The first kappa shape index (κ1) is 32.0. The quantitative estimate of drug-likeness (QED) is 0.168. The molecule has 0 saturated heterocycles. The molecule has 11 aromatic rings. The zero-order valence-corrected chi connectivity index (χ0v) is 30.5. The van der Waals surface area contributed by atoms with E-state index < -0.39 is 0 Å². The molecule has 8 aromatic carbocycles. The topological polar surface area (TPSA) is 22.8 Å². The second kappa shape index (κ2) is 13.1. The van der Waals surface area contributed by atoms with E-state index in [-0.39, 0.29) is 0 Å². The Hall–Kier alpha value is -7.49. The molecule has 0 N–H and O–H groups in total. The van der Waals surface area contributed by atoms with Gasteiger partial charge in [0.25, 0.3) is 0 Å². The van der Waals surface area contributed by atoms with E-state index in [0.717, 1.165) is 44.7 Å². The smallest absolute Gasteiger partial charge is 0.0542 e. The molecular weight excluding hydrogens is 679 g/mol. The molecule has 3 heteroatoms. The summed E-state index contributed by atoms with van der Waals surface area (Å²) >= 11 is 0. The number of hydrogen-bond acceptors (Lipinski definition) is 1. The summed E-state index contributed by atoms with van der Waals surface area (Å²) < 4.78 is 4.83. The summed E-state index contributed by atoms with van der Waals surface area (Å²) in [6.45, 7) is 0. The molecule has 0 aliphatic heterocycles. The van der Waals surface area contributed by atoms with Gasteiger partial charge in [-0.3, -0.25) is 4.98 Å². The lowest BCUT2D eigenvalue weighted by molar-refractivity contribution is 1.16. The van der Waals surface area contributed by atoms with E-state index in [1.54, 1.807) is 0 Å². The predicted octanol–water partition coefficient (Wildman–Crippen LogP) is 13.9. The maximum Gasteiger partial charge on any atom is 0.0542 e. The first-order valence-electron chi connectivity index (χ1n) is 19.1. The molecule has 56 heavy (non-hydrogen) atoms. The van der Waals surface area contributed by atoms with Crippen molar-refractivity contribution in [3.8, 4) is 55.9 Å². The molecular formula is C53H35N3. The minimum Gasteiger partial charge on any atom is -0.309 e. The van der Waals surface area contributed by atoms with E-state index in [0.29, 0.717) is 0 Å². The van der Waals surface area contributed by atoms with E-state index in [2.05, 4.69) is 208 Å². The van der Waals surface area contributed by atoms with Crippen molar-refractivity contribution in [2.75, 3.05) is 0 Å². The average molecular weight is 714 g/mol. The first-order chi connectivity index (χ1) is 27.8. The highest BCUT2D eigenvalue weighted by Gasteiger charge is 2.18. The lowest BCUT2D eigenvalue weighted by Gasteiger charge is -2.12. The number of aromatic nitrogens is 3. The zero-order chi connectivity index (χ0) is 37.0. The van der Waals surface area contributed by atoms with E-state index in [4.69, 9.17) is 0 Å². The molecule has 0 aliphatic rings. The Labute approximate surface area is 325 Å². The third kappa shape index (κ3) is 5.32. The minimum atomic E-state index is 1.09. The van der Waals surface area contributed by atoms with Crippen molar-refractivity contribution >= 4 is 43.6 Å². The van der Waals surface area contributed by atoms with Gasteiger partial charge in [-0.05, 0) is 100 Å². The molecule has 262 valence electrons. The number of para-hydroxylation sites is 2. The minimum absolute atomic E-state index is 1.09. The van der Waals surface area contributed by atoms with Gasteiger partial charge in [0.2, 0.25) is 0 Å². The monoisotopic (exact) mass is 713 g/mol. The number of nitrogens with zero attached hydrogens (tertiary/aromatic N) is 3. The van der Waals surface area contributed by atoms with Gasteiger partial charge in [0.15, 0.2) is 0 Å². The summed E-state index contributed by atoms with van der Waals surface area (Å²) in [5, 5.41) is 4.93. The summed E-state index contributed by atoms with van der Waals surface area (Å²) in [5.41, 5.74) is 16.3. The Morgan fingerprint density at radius 3 is 1.36 bits per heavy atom. The van der Waals surface area contributed by atoms with Gasteiger partial charge in [0.05, 0.1) is 22.1 Å². The van der Waals surface area contributed by atoms with Crippen LogP contribution in [0.3, 0.4) is 0 Å². The van der Waals surface area contributed by atoms with Gasteiger partial charge >= 0.3 is 0 Å². The molecule has 3 nitrogen and oxygen atoms in total. The molecule has 3 aromatic heterocycles.